The quantitative estimate of drug-likeness (QED) is 0.645. The molecule has 0 spiro atoms. The minimum absolute atomic E-state index is 0.428. The second-order valence-corrected chi connectivity index (χ2v) is 1.80. The summed E-state index contributed by atoms with van der Waals surface area (Å²) in [4.78, 5) is 14.4. The Labute approximate surface area is 63.4 Å². The Morgan fingerprint density at radius 3 is 2.45 bits per heavy atom. The summed E-state index contributed by atoms with van der Waals surface area (Å²) < 4.78 is 0. The van der Waals surface area contributed by atoms with Gasteiger partial charge in [0.2, 0.25) is 0 Å². The Bertz CT molecular complexity index is 235. The summed E-state index contributed by atoms with van der Waals surface area (Å²) in [6.45, 7) is 0. The molecular weight excluding hydrogens is 146 g/mol. The standard InChI is InChI=1S/C7H6NO3/c9-7(10)8-11-6-4-2-1-3-5-6/h1-5,8H. The molecule has 1 rings (SSSR count). The van der Waals surface area contributed by atoms with Crippen LogP contribution in [0.4, 0.5) is 4.79 Å². The molecule has 1 aromatic rings. The Morgan fingerprint density at radius 1 is 1.27 bits per heavy atom. The maximum absolute atomic E-state index is 9.83. The minimum atomic E-state index is -1.46. The molecule has 0 heterocycles. The van der Waals surface area contributed by atoms with E-state index in [9.17, 15) is 9.90 Å². The molecule has 0 aliphatic carbocycles. The van der Waals surface area contributed by atoms with Gasteiger partial charge in [-0.2, -0.15) is 5.48 Å². The van der Waals surface area contributed by atoms with Gasteiger partial charge in [-0.15, -0.1) is 0 Å². The van der Waals surface area contributed by atoms with Crippen LogP contribution in [0.1, 0.15) is 0 Å². The number of carbonyl (C=O) groups is 1. The van der Waals surface area contributed by atoms with E-state index in [4.69, 9.17) is 0 Å². The van der Waals surface area contributed by atoms with Gasteiger partial charge in [0, 0.05) is 0 Å². The van der Waals surface area contributed by atoms with Crippen LogP contribution < -0.4 is 10.3 Å². The van der Waals surface area contributed by atoms with E-state index in [0.29, 0.717) is 5.75 Å². The third-order valence-electron chi connectivity index (χ3n) is 0.995. The summed E-state index contributed by atoms with van der Waals surface area (Å²) in [7, 11) is 0. The van der Waals surface area contributed by atoms with Crippen LogP contribution in [0.2, 0.25) is 0 Å². The molecule has 1 radical (unpaired) electrons. The van der Waals surface area contributed by atoms with Gasteiger partial charge < -0.3 is 4.84 Å². The smallest absolute Gasteiger partial charge is 0.377 e. The number of hydrogen-bond acceptors (Lipinski definition) is 2. The van der Waals surface area contributed by atoms with Crippen LogP contribution in [0, 0.1) is 0 Å². The van der Waals surface area contributed by atoms with Crippen molar-refractivity contribution in [3.05, 3.63) is 30.3 Å². The number of amides is 1. The summed E-state index contributed by atoms with van der Waals surface area (Å²) in [6.07, 6.45) is -1.46. The minimum Gasteiger partial charge on any atom is -0.377 e. The van der Waals surface area contributed by atoms with Crippen LogP contribution in [0.15, 0.2) is 30.3 Å². The first-order valence-electron chi connectivity index (χ1n) is 2.98. The molecule has 0 aliphatic heterocycles. The summed E-state index contributed by atoms with van der Waals surface area (Å²) in [6, 6.07) is 8.50. The molecule has 0 unspecified atom stereocenters. The topological polar surface area (TPSA) is 58.2 Å². The summed E-state index contributed by atoms with van der Waals surface area (Å²) in [5.74, 6) is 0.428. The van der Waals surface area contributed by atoms with Crippen molar-refractivity contribution < 1.29 is 14.7 Å². The second-order valence-electron chi connectivity index (χ2n) is 1.80. The van der Waals surface area contributed by atoms with Crippen LogP contribution >= 0.6 is 0 Å². The van der Waals surface area contributed by atoms with Gasteiger partial charge in [-0.25, -0.2) is 9.90 Å². The largest absolute Gasteiger partial charge is 0.482 e. The fraction of sp³-hybridized carbons (Fsp3) is 0. The van der Waals surface area contributed by atoms with E-state index in [2.05, 4.69) is 4.84 Å². The summed E-state index contributed by atoms with van der Waals surface area (Å²) in [5, 5.41) is 9.83. The summed E-state index contributed by atoms with van der Waals surface area (Å²) in [5.41, 5.74) is 1.67. The zero-order valence-corrected chi connectivity index (χ0v) is 5.61. The third-order valence-corrected chi connectivity index (χ3v) is 0.995. The molecule has 11 heavy (non-hydrogen) atoms. The van der Waals surface area contributed by atoms with Gasteiger partial charge in [-0.3, -0.25) is 0 Å². The summed E-state index contributed by atoms with van der Waals surface area (Å²) >= 11 is 0. The van der Waals surface area contributed by atoms with E-state index in [-0.39, 0.29) is 0 Å². The molecule has 0 atom stereocenters. The van der Waals surface area contributed by atoms with Crippen molar-refractivity contribution in [3.8, 4) is 5.75 Å². The number of rotatable bonds is 2. The predicted octanol–water partition coefficient (Wildman–Crippen LogP) is 1.12. The Morgan fingerprint density at radius 2 is 1.91 bits per heavy atom. The molecule has 0 aliphatic rings. The Balaban J connectivity index is 2.45. The van der Waals surface area contributed by atoms with E-state index in [0.717, 1.165) is 0 Å². The van der Waals surface area contributed by atoms with Gasteiger partial charge in [0.1, 0.15) is 0 Å². The van der Waals surface area contributed by atoms with E-state index in [1.807, 2.05) is 0 Å². The average Bonchev–Trinajstić information content (AvgIpc) is 2.03. The van der Waals surface area contributed by atoms with Crippen molar-refractivity contribution >= 4 is 6.09 Å². The first-order valence-corrected chi connectivity index (χ1v) is 2.98. The molecule has 0 fully saturated rings. The van der Waals surface area contributed by atoms with Crippen LogP contribution in [-0.4, -0.2) is 6.09 Å². The molecule has 1 aromatic carbocycles. The molecule has 4 heteroatoms. The fourth-order valence-corrected chi connectivity index (χ4v) is 0.589. The highest BCUT2D eigenvalue weighted by Crippen LogP contribution is 2.05. The van der Waals surface area contributed by atoms with Crippen LogP contribution in [-0.2, 0) is 5.11 Å². The highest BCUT2D eigenvalue weighted by atomic mass is 16.7. The van der Waals surface area contributed by atoms with Gasteiger partial charge >= 0.3 is 6.09 Å². The van der Waals surface area contributed by atoms with Gasteiger partial charge in [-0.05, 0) is 12.1 Å². The fourth-order valence-electron chi connectivity index (χ4n) is 0.589. The monoisotopic (exact) mass is 152 g/mol. The highest BCUT2D eigenvalue weighted by molar-refractivity contribution is 5.62. The van der Waals surface area contributed by atoms with E-state index in [1.165, 1.54) is 0 Å². The van der Waals surface area contributed by atoms with Gasteiger partial charge in [0.05, 0.1) is 0 Å². The van der Waals surface area contributed by atoms with Crippen molar-refractivity contribution in [2.45, 2.75) is 0 Å². The molecule has 1 N–H and O–H groups in total. The lowest BCUT2D eigenvalue weighted by atomic mass is 10.3. The number of hydrogen-bond donors (Lipinski definition) is 1. The van der Waals surface area contributed by atoms with Gasteiger partial charge in [0.25, 0.3) is 0 Å². The molecule has 57 valence electrons. The number of para-hydroxylation sites is 1. The number of nitrogens with one attached hydrogen (secondary N) is 1. The number of benzene rings is 1. The van der Waals surface area contributed by atoms with Crippen molar-refractivity contribution in [2.75, 3.05) is 0 Å². The lowest BCUT2D eigenvalue weighted by molar-refractivity contribution is 0.115. The van der Waals surface area contributed by atoms with Crippen molar-refractivity contribution in [3.63, 3.8) is 0 Å². The van der Waals surface area contributed by atoms with Crippen LogP contribution in [0.5, 0.6) is 5.75 Å². The maximum Gasteiger partial charge on any atom is 0.482 e. The first-order chi connectivity index (χ1) is 5.29. The molecular formula is C7H6NO3. The molecule has 0 saturated heterocycles. The van der Waals surface area contributed by atoms with E-state index < -0.39 is 6.09 Å². The Hall–Kier alpha value is -1.71. The van der Waals surface area contributed by atoms with Gasteiger partial charge in [0.15, 0.2) is 5.75 Å². The average molecular weight is 152 g/mol. The molecule has 0 saturated carbocycles. The normalized spacial score (nSPS) is 8.73. The van der Waals surface area contributed by atoms with Crippen molar-refractivity contribution in [1.82, 2.24) is 5.48 Å². The second kappa shape index (κ2) is 3.46. The van der Waals surface area contributed by atoms with E-state index >= 15 is 0 Å². The molecule has 0 bridgehead atoms. The van der Waals surface area contributed by atoms with Crippen molar-refractivity contribution in [2.24, 2.45) is 0 Å². The molecule has 0 aromatic heterocycles. The highest BCUT2D eigenvalue weighted by Gasteiger charge is 1.96. The SMILES string of the molecule is [O]C(=O)NOc1ccccc1. The molecule has 4 nitrogen and oxygen atoms in total. The van der Waals surface area contributed by atoms with Crippen LogP contribution in [0.25, 0.3) is 0 Å². The van der Waals surface area contributed by atoms with Crippen molar-refractivity contribution in [1.29, 1.82) is 0 Å². The third kappa shape index (κ3) is 2.57. The Kier molecular flexibility index (Phi) is 2.32. The number of carbonyl (C=O) groups excluding carboxylic acids is 1. The zero-order chi connectivity index (χ0) is 8.10. The van der Waals surface area contributed by atoms with E-state index in [1.54, 1.807) is 35.8 Å². The lowest BCUT2D eigenvalue weighted by Crippen LogP contribution is -2.23. The van der Waals surface area contributed by atoms with Gasteiger partial charge in [-0.1, -0.05) is 18.2 Å². The predicted molar refractivity (Wildman–Crippen MR) is 36.3 cm³/mol. The lowest BCUT2D eigenvalue weighted by Gasteiger charge is -2.00. The molecule has 1 amide bonds. The first kappa shape index (κ1) is 7.40. The maximum atomic E-state index is 9.83. The zero-order valence-electron chi connectivity index (χ0n) is 5.61. The van der Waals surface area contributed by atoms with Crippen LogP contribution in [0.3, 0.4) is 0 Å². The number of hydroxylamine groups is 1.